The molecule has 0 N–H and O–H groups in total. The van der Waals surface area contributed by atoms with Crippen LogP contribution in [0.1, 0.15) is 24.0 Å². The Labute approximate surface area is 153 Å². The van der Waals surface area contributed by atoms with E-state index in [2.05, 4.69) is 39.3 Å². The first kappa shape index (κ1) is 16.6. The van der Waals surface area contributed by atoms with E-state index in [1.54, 1.807) is 6.20 Å². The number of pyridine rings is 1. The second kappa shape index (κ2) is 7.14. The van der Waals surface area contributed by atoms with Gasteiger partial charge in [-0.05, 0) is 44.2 Å². The molecule has 0 radical (unpaired) electrons. The molecule has 1 atom stereocenters. The normalized spacial score (nSPS) is 17.6. The summed E-state index contributed by atoms with van der Waals surface area (Å²) in [6.45, 7) is 2.72. The monoisotopic (exact) mass is 346 g/mol. The van der Waals surface area contributed by atoms with E-state index in [0.717, 1.165) is 54.9 Å². The smallest absolute Gasteiger partial charge is 0.151 e. The number of hydrogen-bond acceptors (Lipinski definition) is 5. The van der Waals surface area contributed by atoms with Gasteiger partial charge in [0.15, 0.2) is 5.82 Å². The summed E-state index contributed by atoms with van der Waals surface area (Å²) in [5.41, 5.74) is 2.83. The maximum Gasteiger partial charge on any atom is 0.151 e. The van der Waals surface area contributed by atoms with Crippen LogP contribution in [0.5, 0.6) is 0 Å². The average molecular weight is 346 g/mol. The van der Waals surface area contributed by atoms with Crippen LogP contribution >= 0.6 is 0 Å². The molecule has 0 saturated carbocycles. The number of anilines is 1. The maximum atomic E-state index is 9.61. The standard InChI is InChI=1S/C20H22N6/c1-24(13-16-14-25-10-3-2-7-19(25)18(16)12-21)17-6-5-11-26(15-17)20-8-4-9-22-23-20/h2-4,7-10,14,17H,5-6,11,13,15H2,1H3/t17-/m1/s1. The van der Waals surface area contributed by atoms with Gasteiger partial charge in [0, 0.05) is 49.8 Å². The van der Waals surface area contributed by atoms with Gasteiger partial charge in [-0.25, -0.2) is 0 Å². The van der Waals surface area contributed by atoms with Gasteiger partial charge in [-0.3, -0.25) is 4.90 Å². The zero-order valence-electron chi connectivity index (χ0n) is 14.9. The Kier molecular flexibility index (Phi) is 4.55. The molecular formula is C20H22N6. The van der Waals surface area contributed by atoms with Crippen molar-refractivity contribution in [1.82, 2.24) is 19.5 Å². The van der Waals surface area contributed by atoms with Crippen molar-refractivity contribution in [3.05, 3.63) is 60.0 Å². The number of nitriles is 1. The molecule has 0 unspecified atom stereocenters. The van der Waals surface area contributed by atoms with Gasteiger partial charge in [-0.1, -0.05) is 6.07 Å². The van der Waals surface area contributed by atoms with E-state index < -0.39 is 0 Å². The molecule has 3 aromatic rings. The van der Waals surface area contributed by atoms with Crippen LogP contribution in [0.3, 0.4) is 0 Å². The van der Waals surface area contributed by atoms with Crippen molar-refractivity contribution in [2.75, 3.05) is 25.0 Å². The van der Waals surface area contributed by atoms with Crippen molar-refractivity contribution < 1.29 is 0 Å². The molecular weight excluding hydrogens is 324 g/mol. The molecule has 1 aliphatic rings. The largest absolute Gasteiger partial charge is 0.354 e. The molecule has 26 heavy (non-hydrogen) atoms. The molecule has 0 aliphatic carbocycles. The molecule has 4 rings (SSSR count). The topological polar surface area (TPSA) is 60.5 Å². The molecule has 6 heteroatoms. The van der Waals surface area contributed by atoms with Crippen LogP contribution in [-0.2, 0) is 6.54 Å². The average Bonchev–Trinajstić information content (AvgIpc) is 3.05. The number of hydrogen-bond donors (Lipinski definition) is 0. The molecule has 6 nitrogen and oxygen atoms in total. The Hall–Kier alpha value is -2.91. The Morgan fingerprint density at radius 3 is 3.04 bits per heavy atom. The van der Waals surface area contributed by atoms with Crippen molar-refractivity contribution in [2.24, 2.45) is 0 Å². The molecule has 0 bridgehead atoms. The fraction of sp³-hybridized carbons (Fsp3) is 0.350. The van der Waals surface area contributed by atoms with Crippen molar-refractivity contribution in [3.63, 3.8) is 0 Å². The zero-order valence-corrected chi connectivity index (χ0v) is 14.9. The summed E-state index contributed by atoms with van der Waals surface area (Å²) in [7, 11) is 2.15. The summed E-state index contributed by atoms with van der Waals surface area (Å²) in [6.07, 6.45) is 8.07. The lowest BCUT2D eigenvalue weighted by atomic mass is 10.0. The molecule has 3 aromatic heterocycles. The number of nitrogens with zero attached hydrogens (tertiary/aromatic N) is 6. The van der Waals surface area contributed by atoms with Gasteiger partial charge in [0.25, 0.3) is 0 Å². The van der Waals surface area contributed by atoms with Crippen molar-refractivity contribution in [1.29, 1.82) is 5.26 Å². The lowest BCUT2D eigenvalue weighted by Crippen LogP contribution is -2.46. The second-order valence-electron chi connectivity index (χ2n) is 6.87. The van der Waals surface area contributed by atoms with Crippen LogP contribution < -0.4 is 4.90 Å². The van der Waals surface area contributed by atoms with E-state index >= 15 is 0 Å². The van der Waals surface area contributed by atoms with Crippen molar-refractivity contribution in [3.8, 4) is 6.07 Å². The van der Waals surface area contributed by atoms with Crippen LogP contribution in [-0.4, -0.2) is 45.7 Å². The summed E-state index contributed by atoms with van der Waals surface area (Å²) >= 11 is 0. The second-order valence-corrected chi connectivity index (χ2v) is 6.87. The fourth-order valence-electron chi connectivity index (χ4n) is 3.81. The van der Waals surface area contributed by atoms with E-state index in [1.807, 2.05) is 40.9 Å². The highest BCUT2D eigenvalue weighted by molar-refractivity contribution is 5.65. The number of likely N-dealkylation sites (N-methyl/N-ethyl adjacent to an activating group) is 1. The molecule has 0 aromatic carbocycles. The number of fused-ring (bicyclic) bond motifs is 1. The Bertz CT molecular complexity index is 926. The van der Waals surface area contributed by atoms with Crippen LogP contribution in [0.15, 0.2) is 48.9 Å². The van der Waals surface area contributed by atoms with Gasteiger partial charge in [0.2, 0.25) is 0 Å². The van der Waals surface area contributed by atoms with E-state index in [4.69, 9.17) is 0 Å². The number of rotatable bonds is 4. The molecule has 132 valence electrons. The Morgan fingerprint density at radius 1 is 1.31 bits per heavy atom. The third-order valence-corrected chi connectivity index (χ3v) is 5.20. The van der Waals surface area contributed by atoms with E-state index in [0.29, 0.717) is 6.04 Å². The van der Waals surface area contributed by atoms with Crippen LogP contribution in [0.4, 0.5) is 5.82 Å². The van der Waals surface area contributed by atoms with Gasteiger partial charge >= 0.3 is 0 Å². The molecule has 1 fully saturated rings. The van der Waals surface area contributed by atoms with Crippen LogP contribution in [0, 0.1) is 11.3 Å². The van der Waals surface area contributed by atoms with E-state index in [-0.39, 0.29) is 0 Å². The minimum Gasteiger partial charge on any atom is -0.354 e. The minimum atomic E-state index is 0.431. The summed E-state index contributed by atoms with van der Waals surface area (Å²) in [5.74, 6) is 0.943. The Balaban J connectivity index is 1.51. The maximum absolute atomic E-state index is 9.61. The van der Waals surface area contributed by atoms with Gasteiger partial charge in [0.1, 0.15) is 6.07 Å². The van der Waals surface area contributed by atoms with Crippen molar-refractivity contribution in [2.45, 2.75) is 25.4 Å². The first-order valence-corrected chi connectivity index (χ1v) is 8.98. The van der Waals surface area contributed by atoms with Gasteiger partial charge in [-0.15, -0.1) is 5.10 Å². The van der Waals surface area contributed by atoms with E-state index in [9.17, 15) is 5.26 Å². The third-order valence-electron chi connectivity index (χ3n) is 5.20. The van der Waals surface area contributed by atoms with Gasteiger partial charge in [-0.2, -0.15) is 10.4 Å². The highest BCUT2D eigenvalue weighted by Crippen LogP contribution is 2.23. The molecule has 0 amide bonds. The Morgan fingerprint density at radius 2 is 2.23 bits per heavy atom. The van der Waals surface area contributed by atoms with Crippen LogP contribution in [0.25, 0.3) is 5.52 Å². The lowest BCUT2D eigenvalue weighted by molar-refractivity contribution is 0.207. The van der Waals surface area contributed by atoms with E-state index in [1.165, 1.54) is 0 Å². The van der Waals surface area contributed by atoms with Crippen molar-refractivity contribution >= 4 is 11.3 Å². The summed E-state index contributed by atoms with van der Waals surface area (Å²) in [6, 6.07) is 12.7. The SMILES string of the molecule is CN(Cc1cn2ccccc2c1C#N)[C@@H]1CCCN(c2cccnn2)C1. The molecule has 1 aliphatic heterocycles. The predicted octanol–water partition coefficient (Wildman–Crippen LogP) is 2.70. The highest BCUT2D eigenvalue weighted by atomic mass is 15.3. The molecule has 1 saturated heterocycles. The number of aromatic nitrogens is 3. The fourth-order valence-corrected chi connectivity index (χ4v) is 3.81. The number of piperidine rings is 1. The van der Waals surface area contributed by atoms with Gasteiger partial charge < -0.3 is 9.30 Å². The minimum absolute atomic E-state index is 0.431. The quantitative estimate of drug-likeness (QED) is 0.727. The first-order chi connectivity index (χ1) is 12.8. The summed E-state index contributed by atoms with van der Waals surface area (Å²) in [5, 5.41) is 17.9. The third kappa shape index (κ3) is 3.14. The lowest BCUT2D eigenvalue weighted by Gasteiger charge is -2.38. The highest BCUT2D eigenvalue weighted by Gasteiger charge is 2.25. The summed E-state index contributed by atoms with van der Waals surface area (Å²) < 4.78 is 2.04. The molecule has 0 spiro atoms. The van der Waals surface area contributed by atoms with Gasteiger partial charge in [0.05, 0.1) is 11.1 Å². The predicted molar refractivity (Wildman–Crippen MR) is 101 cm³/mol. The van der Waals surface area contributed by atoms with Crippen LogP contribution in [0.2, 0.25) is 0 Å². The first-order valence-electron chi connectivity index (χ1n) is 8.98. The molecule has 4 heterocycles. The summed E-state index contributed by atoms with van der Waals surface area (Å²) in [4.78, 5) is 4.66. The zero-order chi connectivity index (χ0) is 17.9.